The van der Waals surface area contributed by atoms with E-state index in [2.05, 4.69) is 68.7 Å². The lowest BCUT2D eigenvalue weighted by Gasteiger charge is -2.12. The first-order valence-corrected chi connectivity index (χ1v) is 8.55. The van der Waals surface area contributed by atoms with Crippen LogP contribution in [0.25, 0.3) is 0 Å². The van der Waals surface area contributed by atoms with Crippen molar-refractivity contribution in [1.29, 1.82) is 0 Å². The average molecular weight is 446 g/mol. The monoisotopic (exact) mass is 445 g/mol. The third kappa shape index (κ3) is 3.69. The number of rotatable bonds is 5. The first kappa shape index (κ1) is 15.7. The highest BCUT2D eigenvalue weighted by Gasteiger charge is 2.11. The third-order valence-electron chi connectivity index (χ3n) is 2.95. The van der Waals surface area contributed by atoms with Crippen LogP contribution in [0.1, 0.15) is 30.9 Å². The van der Waals surface area contributed by atoms with E-state index in [1.165, 1.54) is 5.56 Å². The molecule has 3 nitrogen and oxygen atoms in total. The number of hydrogen-bond donors (Lipinski definition) is 1. The van der Waals surface area contributed by atoms with Crippen molar-refractivity contribution >= 4 is 44.3 Å². The summed E-state index contributed by atoms with van der Waals surface area (Å²) in [6.45, 7) is 5.07. The average Bonchev–Trinajstić information content (AvgIpc) is 2.45. The summed E-state index contributed by atoms with van der Waals surface area (Å²) < 4.78 is 2.23. The minimum Gasteiger partial charge on any atom is -0.369 e. The molecule has 2 rings (SSSR count). The third-order valence-corrected chi connectivity index (χ3v) is 4.86. The van der Waals surface area contributed by atoms with Gasteiger partial charge in [0.05, 0.1) is 9.26 Å². The quantitative estimate of drug-likeness (QED) is 0.692. The van der Waals surface area contributed by atoms with Crippen LogP contribution >= 0.6 is 38.5 Å². The maximum absolute atomic E-state index is 4.69. The van der Waals surface area contributed by atoms with E-state index in [1.54, 1.807) is 0 Å². The van der Waals surface area contributed by atoms with E-state index in [4.69, 9.17) is 4.98 Å². The molecule has 1 N–H and O–H groups in total. The fraction of sp³-hybridized carbons (Fsp3) is 0.333. The summed E-state index contributed by atoms with van der Waals surface area (Å²) in [7, 11) is 0. The molecule has 0 amide bonds. The molecule has 1 aromatic carbocycles. The summed E-state index contributed by atoms with van der Waals surface area (Å²) in [6, 6.07) is 8.21. The van der Waals surface area contributed by atoms with Crippen molar-refractivity contribution in [2.24, 2.45) is 0 Å². The van der Waals surface area contributed by atoms with E-state index in [9.17, 15) is 0 Å². The van der Waals surface area contributed by atoms with Gasteiger partial charge in [-0.2, -0.15) is 0 Å². The van der Waals surface area contributed by atoms with Crippen molar-refractivity contribution < 1.29 is 0 Å². The topological polar surface area (TPSA) is 37.8 Å². The minimum atomic E-state index is 0.740. The molecule has 106 valence electrons. The Labute approximate surface area is 141 Å². The first-order valence-electron chi connectivity index (χ1n) is 6.68. The first-order chi connectivity index (χ1) is 9.65. The smallest absolute Gasteiger partial charge is 0.143 e. The number of nitrogens with zero attached hydrogens (tertiary/aromatic N) is 2. The molecule has 0 aliphatic heterocycles. The van der Waals surface area contributed by atoms with E-state index in [0.717, 1.165) is 44.8 Å². The van der Waals surface area contributed by atoms with Gasteiger partial charge >= 0.3 is 0 Å². The molecule has 1 heterocycles. The predicted octanol–water partition coefficient (Wildman–Crippen LogP) is 4.43. The van der Waals surface area contributed by atoms with Gasteiger partial charge in [-0.25, -0.2) is 9.97 Å². The fourth-order valence-electron chi connectivity index (χ4n) is 1.95. The Morgan fingerprint density at radius 3 is 2.60 bits per heavy atom. The lowest BCUT2D eigenvalue weighted by molar-refractivity contribution is 0.891. The van der Waals surface area contributed by atoms with Gasteiger partial charge in [0.2, 0.25) is 0 Å². The van der Waals surface area contributed by atoms with Gasteiger partial charge in [-0.1, -0.05) is 41.1 Å². The summed E-state index contributed by atoms with van der Waals surface area (Å²) in [6.07, 6.45) is 1.66. The Balaban J connectivity index is 2.37. The summed E-state index contributed by atoms with van der Waals surface area (Å²) in [4.78, 5) is 9.35. The standard InChI is InChI=1S/C15H17BrIN3/c1-3-12-14(17)15(18-4-2)20-13(19-12)9-10-7-5-6-8-11(10)16/h5-8H,3-4,9H2,1-2H3,(H,18,19,20). The Bertz CT molecular complexity index is 602. The van der Waals surface area contributed by atoms with E-state index in [1.807, 2.05) is 18.2 Å². The SMILES string of the molecule is CCNc1nc(Cc2ccccc2Br)nc(CC)c1I. The van der Waals surface area contributed by atoms with E-state index in [0.29, 0.717) is 0 Å². The van der Waals surface area contributed by atoms with E-state index >= 15 is 0 Å². The van der Waals surface area contributed by atoms with Gasteiger partial charge in [-0.3, -0.25) is 0 Å². The number of nitrogens with one attached hydrogen (secondary N) is 1. The maximum atomic E-state index is 4.69. The second-order valence-electron chi connectivity index (χ2n) is 4.40. The van der Waals surface area contributed by atoms with Crippen molar-refractivity contribution in [1.82, 2.24) is 9.97 Å². The van der Waals surface area contributed by atoms with Gasteiger partial charge in [0, 0.05) is 17.4 Å². The zero-order valence-corrected chi connectivity index (χ0v) is 15.3. The van der Waals surface area contributed by atoms with Crippen molar-refractivity contribution in [3.8, 4) is 0 Å². The predicted molar refractivity (Wildman–Crippen MR) is 95.2 cm³/mol. The Hall–Kier alpha value is -0.690. The highest BCUT2D eigenvalue weighted by atomic mass is 127. The van der Waals surface area contributed by atoms with Crippen molar-refractivity contribution in [3.05, 3.63) is 49.4 Å². The van der Waals surface area contributed by atoms with Crippen molar-refractivity contribution in [2.75, 3.05) is 11.9 Å². The molecule has 0 aliphatic carbocycles. The van der Waals surface area contributed by atoms with Gasteiger partial charge in [0.15, 0.2) is 0 Å². The Kier molecular flexibility index (Phi) is 5.77. The maximum Gasteiger partial charge on any atom is 0.143 e. The second kappa shape index (κ2) is 7.36. The molecule has 0 bridgehead atoms. The second-order valence-corrected chi connectivity index (χ2v) is 6.33. The molecule has 20 heavy (non-hydrogen) atoms. The van der Waals surface area contributed by atoms with Crippen LogP contribution in [0.4, 0.5) is 5.82 Å². The molecular formula is C15H17BrIN3. The van der Waals surface area contributed by atoms with Crippen molar-refractivity contribution in [2.45, 2.75) is 26.7 Å². The van der Waals surface area contributed by atoms with Crippen LogP contribution in [0.5, 0.6) is 0 Å². The van der Waals surface area contributed by atoms with Gasteiger partial charge in [0.1, 0.15) is 11.6 Å². The van der Waals surface area contributed by atoms with Crippen LogP contribution in [-0.4, -0.2) is 16.5 Å². The molecular weight excluding hydrogens is 429 g/mol. The summed E-state index contributed by atoms with van der Waals surface area (Å²) in [5.41, 5.74) is 2.32. The molecule has 0 aliphatic rings. The van der Waals surface area contributed by atoms with Crippen LogP contribution in [0.2, 0.25) is 0 Å². The molecule has 0 unspecified atom stereocenters. The normalized spacial score (nSPS) is 10.6. The number of aryl methyl sites for hydroxylation is 1. The molecule has 0 saturated carbocycles. The van der Waals surface area contributed by atoms with Gasteiger partial charge in [0.25, 0.3) is 0 Å². The molecule has 0 spiro atoms. The molecule has 0 atom stereocenters. The van der Waals surface area contributed by atoms with Crippen LogP contribution in [0.15, 0.2) is 28.7 Å². The number of hydrogen-bond acceptors (Lipinski definition) is 3. The summed E-state index contributed by atoms with van der Waals surface area (Å²) >= 11 is 5.90. The van der Waals surface area contributed by atoms with E-state index < -0.39 is 0 Å². The lowest BCUT2D eigenvalue weighted by atomic mass is 10.1. The van der Waals surface area contributed by atoms with E-state index in [-0.39, 0.29) is 0 Å². The number of benzene rings is 1. The number of anilines is 1. The van der Waals surface area contributed by atoms with Crippen LogP contribution in [0.3, 0.4) is 0 Å². The zero-order chi connectivity index (χ0) is 14.5. The molecule has 5 heteroatoms. The number of halogens is 2. The van der Waals surface area contributed by atoms with Crippen molar-refractivity contribution in [3.63, 3.8) is 0 Å². The number of aromatic nitrogens is 2. The van der Waals surface area contributed by atoms with Gasteiger partial charge in [-0.05, 0) is 47.6 Å². The molecule has 0 fully saturated rings. The van der Waals surface area contributed by atoms with Gasteiger partial charge in [-0.15, -0.1) is 0 Å². The Morgan fingerprint density at radius 2 is 1.95 bits per heavy atom. The zero-order valence-electron chi connectivity index (χ0n) is 11.6. The highest BCUT2D eigenvalue weighted by molar-refractivity contribution is 14.1. The summed E-state index contributed by atoms with van der Waals surface area (Å²) in [5.74, 6) is 1.81. The van der Waals surface area contributed by atoms with Crippen LogP contribution in [-0.2, 0) is 12.8 Å². The Morgan fingerprint density at radius 1 is 1.20 bits per heavy atom. The van der Waals surface area contributed by atoms with Gasteiger partial charge < -0.3 is 5.32 Å². The van der Waals surface area contributed by atoms with Crippen LogP contribution in [0, 0.1) is 3.57 Å². The molecule has 0 radical (unpaired) electrons. The molecule has 1 aromatic heterocycles. The highest BCUT2D eigenvalue weighted by Crippen LogP contribution is 2.23. The largest absolute Gasteiger partial charge is 0.369 e. The lowest BCUT2D eigenvalue weighted by Crippen LogP contribution is -2.10. The molecule has 0 saturated heterocycles. The summed E-state index contributed by atoms with van der Waals surface area (Å²) in [5, 5.41) is 3.32. The van der Waals surface area contributed by atoms with Crippen LogP contribution < -0.4 is 5.32 Å². The fourth-order valence-corrected chi connectivity index (χ4v) is 3.19. The molecule has 2 aromatic rings. The minimum absolute atomic E-state index is 0.740.